The lowest BCUT2D eigenvalue weighted by atomic mass is 10.0. The fourth-order valence-corrected chi connectivity index (χ4v) is 4.57. The fraction of sp³-hybridized carbons (Fsp3) is 0.417. The molecule has 2 aromatic carbocycles. The number of rotatable bonds is 8. The Balaban J connectivity index is 1.89. The highest BCUT2D eigenvalue weighted by molar-refractivity contribution is 7.22. The first kappa shape index (κ1) is 21.5. The molecule has 0 aliphatic heterocycles. The highest BCUT2D eigenvalue weighted by Crippen LogP contribution is 2.31. The van der Waals surface area contributed by atoms with Crippen LogP contribution < -0.4 is 4.90 Å². The summed E-state index contributed by atoms with van der Waals surface area (Å²) >= 11 is 1.61. The second kappa shape index (κ2) is 9.51. The number of fused-ring (bicyclic) bond motifs is 1. The first-order valence-electron chi connectivity index (χ1n) is 10.4. The Labute approximate surface area is 178 Å². The van der Waals surface area contributed by atoms with Crippen molar-refractivity contribution in [1.29, 1.82) is 0 Å². The van der Waals surface area contributed by atoms with Gasteiger partial charge in [0.15, 0.2) is 5.13 Å². The average molecular weight is 410 g/mol. The molecule has 1 amide bonds. The molecule has 0 aliphatic rings. The molecule has 29 heavy (non-hydrogen) atoms. The molecular formula is C24H31N3OS. The number of anilines is 1. The Morgan fingerprint density at radius 1 is 0.966 bits per heavy atom. The molecule has 0 spiro atoms. The van der Waals surface area contributed by atoms with Crippen LogP contribution in [0.15, 0.2) is 36.4 Å². The Kier molecular flexibility index (Phi) is 7.04. The van der Waals surface area contributed by atoms with Crippen molar-refractivity contribution in [1.82, 2.24) is 9.88 Å². The van der Waals surface area contributed by atoms with Crippen LogP contribution in [0.3, 0.4) is 0 Å². The van der Waals surface area contributed by atoms with Crippen LogP contribution in [0.4, 0.5) is 5.13 Å². The Morgan fingerprint density at radius 2 is 1.72 bits per heavy atom. The van der Waals surface area contributed by atoms with E-state index in [1.165, 1.54) is 11.1 Å². The van der Waals surface area contributed by atoms with Gasteiger partial charge in [-0.05, 0) is 62.2 Å². The first-order chi connectivity index (χ1) is 13.9. The SMILES string of the molecule is CCN(CC)CCN(C(=O)Cc1ccc(C)c(C)c1)c1nc2c(C)cccc2s1. The van der Waals surface area contributed by atoms with Crippen LogP contribution in [-0.4, -0.2) is 42.0 Å². The Morgan fingerprint density at radius 3 is 2.38 bits per heavy atom. The number of para-hydroxylation sites is 1. The molecule has 0 bridgehead atoms. The van der Waals surface area contributed by atoms with Crippen LogP contribution in [0, 0.1) is 20.8 Å². The molecule has 0 atom stereocenters. The van der Waals surface area contributed by atoms with E-state index in [1.807, 2.05) is 4.90 Å². The molecule has 3 aromatic rings. The lowest BCUT2D eigenvalue weighted by Gasteiger charge is -2.25. The van der Waals surface area contributed by atoms with Gasteiger partial charge in [-0.25, -0.2) is 4.98 Å². The number of benzene rings is 2. The lowest BCUT2D eigenvalue weighted by Crippen LogP contribution is -2.39. The zero-order valence-electron chi connectivity index (χ0n) is 18.2. The molecule has 0 aliphatic carbocycles. The summed E-state index contributed by atoms with van der Waals surface area (Å²) in [4.78, 5) is 22.4. The Hall–Kier alpha value is -2.24. The first-order valence-corrected chi connectivity index (χ1v) is 11.2. The van der Waals surface area contributed by atoms with E-state index in [2.05, 4.69) is 75.9 Å². The number of carbonyl (C=O) groups is 1. The molecule has 0 N–H and O–H groups in total. The van der Waals surface area contributed by atoms with Gasteiger partial charge in [0.05, 0.1) is 16.6 Å². The van der Waals surface area contributed by atoms with E-state index >= 15 is 0 Å². The molecule has 1 aromatic heterocycles. The maximum Gasteiger partial charge on any atom is 0.233 e. The predicted molar refractivity (Wildman–Crippen MR) is 124 cm³/mol. The summed E-state index contributed by atoms with van der Waals surface area (Å²) < 4.78 is 1.13. The number of aryl methyl sites for hydroxylation is 3. The van der Waals surface area contributed by atoms with Gasteiger partial charge in [0.1, 0.15) is 0 Å². The van der Waals surface area contributed by atoms with E-state index in [-0.39, 0.29) is 5.91 Å². The molecule has 1 heterocycles. The zero-order chi connectivity index (χ0) is 21.0. The van der Waals surface area contributed by atoms with Crippen LogP contribution in [0.1, 0.15) is 36.1 Å². The summed E-state index contributed by atoms with van der Waals surface area (Å²) in [5.74, 6) is 0.108. The average Bonchev–Trinajstić information content (AvgIpc) is 3.13. The van der Waals surface area contributed by atoms with Crippen molar-refractivity contribution in [2.24, 2.45) is 0 Å². The smallest absolute Gasteiger partial charge is 0.233 e. The monoisotopic (exact) mass is 409 g/mol. The lowest BCUT2D eigenvalue weighted by molar-refractivity contribution is -0.118. The number of hydrogen-bond donors (Lipinski definition) is 0. The number of amides is 1. The largest absolute Gasteiger partial charge is 0.302 e. The van der Waals surface area contributed by atoms with Crippen molar-refractivity contribution in [2.45, 2.75) is 41.0 Å². The minimum atomic E-state index is 0.108. The van der Waals surface area contributed by atoms with E-state index in [1.54, 1.807) is 11.3 Å². The molecular weight excluding hydrogens is 378 g/mol. The Bertz CT molecular complexity index is 991. The molecule has 0 radical (unpaired) electrons. The van der Waals surface area contributed by atoms with Gasteiger partial charge in [-0.15, -0.1) is 0 Å². The second-order valence-corrected chi connectivity index (χ2v) is 8.59. The van der Waals surface area contributed by atoms with Gasteiger partial charge in [-0.1, -0.05) is 55.5 Å². The van der Waals surface area contributed by atoms with Gasteiger partial charge in [-0.3, -0.25) is 9.69 Å². The van der Waals surface area contributed by atoms with Gasteiger partial charge in [0.25, 0.3) is 0 Å². The fourth-order valence-electron chi connectivity index (χ4n) is 3.48. The van der Waals surface area contributed by atoms with Crippen molar-refractivity contribution in [3.8, 4) is 0 Å². The molecule has 4 nitrogen and oxygen atoms in total. The number of thiazole rings is 1. The van der Waals surface area contributed by atoms with Gasteiger partial charge < -0.3 is 4.90 Å². The molecule has 3 rings (SSSR count). The summed E-state index contributed by atoms with van der Waals surface area (Å²) in [5, 5.41) is 0.801. The van der Waals surface area contributed by atoms with Crippen molar-refractivity contribution >= 4 is 32.6 Å². The third-order valence-corrected chi connectivity index (χ3v) is 6.65. The van der Waals surface area contributed by atoms with Crippen LogP contribution in [0.2, 0.25) is 0 Å². The maximum atomic E-state index is 13.3. The van der Waals surface area contributed by atoms with Crippen LogP contribution >= 0.6 is 11.3 Å². The second-order valence-electron chi connectivity index (χ2n) is 7.59. The van der Waals surface area contributed by atoms with Crippen molar-refractivity contribution in [3.05, 3.63) is 58.7 Å². The van der Waals surface area contributed by atoms with Crippen molar-refractivity contribution < 1.29 is 4.79 Å². The molecule has 0 fully saturated rings. The standard InChI is InChI=1S/C24H31N3OS/c1-6-26(7-2)13-14-27(22(28)16-20-12-11-17(3)19(5)15-20)24-25-23-18(4)9-8-10-21(23)29-24/h8-12,15H,6-7,13-14,16H2,1-5H3. The van der Waals surface area contributed by atoms with Gasteiger partial charge in [0, 0.05) is 13.1 Å². The van der Waals surface area contributed by atoms with E-state index in [4.69, 9.17) is 4.98 Å². The molecule has 154 valence electrons. The van der Waals surface area contributed by atoms with Crippen molar-refractivity contribution in [3.63, 3.8) is 0 Å². The topological polar surface area (TPSA) is 36.4 Å². The summed E-state index contributed by atoms with van der Waals surface area (Å²) in [5.41, 5.74) is 5.68. The molecule has 0 unspecified atom stereocenters. The van der Waals surface area contributed by atoms with Gasteiger partial charge >= 0.3 is 0 Å². The van der Waals surface area contributed by atoms with Crippen molar-refractivity contribution in [2.75, 3.05) is 31.1 Å². The van der Waals surface area contributed by atoms with Crippen LogP contribution in [0.5, 0.6) is 0 Å². The maximum absolute atomic E-state index is 13.3. The molecule has 0 saturated carbocycles. The van der Waals surface area contributed by atoms with Crippen LogP contribution in [-0.2, 0) is 11.2 Å². The van der Waals surface area contributed by atoms with Gasteiger partial charge in [0.2, 0.25) is 5.91 Å². The normalized spacial score (nSPS) is 11.4. The van der Waals surface area contributed by atoms with E-state index in [0.29, 0.717) is 13.0 Å². The quantitative estimate of drug-likeness (QED) is 0.517. The highest BCUT2D eigenvalue weighted by Gasteiger charge is 2.21. The highest BCUT2D eigenvalue weighted by atomic mass is 32.1. The number of hydrogen-bond acceptors (Lipinski definition) is 4. The number of likely N-dealkylation sites (N-methyl/N-ethyl adjacent to an activating group) is 1. The molecule has 5 heteroatoms. The minimum absolute atomic E-state index is 0.108. The van der Waals surface area contributed by atoms with E-state index in [0.717, 1.165) is 46.1 Å². The third kappa shape index (κ3) is 5.03. The number of nitrogens with zero attached hydrogens (tertiary/aromatic N) is 3. The summed E-state index contributed by atoms with van der Waals surface area (Å²) in [6.07, 6.45) is 0.397. The summed E-state index contributed by atoms with van der Waals surface area (Å²) in [7, 11) is 0. The zero-order valence-corrected chi connectivity index (χ0v) is 19.0. The summed E-state index contributed by atoms with van der Waals surface area (Å²) in [6.45, 7) is 14.0. The predicted octanol–water partition coefficient (Wildman–Crippen LogP) is 5.14. The van der Waals surface area contributed by atoms with Gasteiger partial charge in [-0.2, -0.15) is 0 Å². The minimum Gasteiger partial charge on any atom is -0.302 e. The van der Waals surface area contributed by atoms with E-state index in [9.17, 15) is 4.79 Å². The van der Waals surface area contributed by atoms with E-state index < -0.39 is 0 Å². The number of carbonyl (C=O) groups excluding carboxylic acids is 1. The molecule has 0 saturated heterocycles. The van der Waals surface area contributed by atoms with Crippen LogP contribution in [0.25, 0.3) is 10.2 Å². The third-order valence-electron chi connectivity index (χ3n) is 5.60. The summed E-state index contributed by atoms with van der Waals surface area (Å²) in [6, 6.07) is 12.5. The number of aromatic nitrogens is 1.